The summed E-state index contributed by atoms with van der Waals surface area (Å²) in [6, 6.07) is 2.74. The van der Waals surface area contributed by atoms with Gasteiger partial charge in [0.05, 0.1) is 17.0 Å². The first-order valence-electron chi connectivity index (χ1n) is 5.14. The molecular formula is C10H11ClF3NO3S. The van der Waals surface area contributed by atoms with E-state index in [0.717, 1.165) is 12.1 Å². The lowest BCUT2D eigenvalue weighted by Crippen LogP contribution is -2.20. The summed E-state index contributed by atoms with van der Waals surface area (Å²) in [6.45, 7) is -0.367. The zero-order chi connectivity index (χ0) is 14.7. The average molecular weight is 318 g/mol. The molecule has 0 heterocycles. The van der Waals surface area contributed by atoms with Crippen molar-refractivity contribution in [1.82, 2.24) is 0 Å². The minimum absolute atomic E-state index is 0.0652. The van der Waals surface area contributed by atoms with E-state index in [1.165, 1.54) is 0 Å². The fourth-order valence-electron chi connectivity index (χ4n) is 1.31. The van der Waals surface area contributed by atoms with Gasteiger partial charge < -0.3 is 5.11 Å². The first kappa shape index (κ1) is 16.1. The Morgan fingerprint density at radius 3 is 2.47 bits per heavy atom. The minimum Gasteiger partial charge on any atom is -0.396 e. The Morgan fingerprint density at radius 1 is 1.32 bits per heavy atom. The third-order valence-corrected chi connectivity index (χ3v) is 3.72. The van der Waals surface area contributed by atoms with E-state index >= 15 is 0 Å². The second-order valence-electron chi connectivity index (χ2n) is 3.69. The van der Waals surface area contributed by atoms with Crippen molar-refractivity contribution in [2.75, 3.05) is 17.1 Å². The molecule has 0 aliphatic heterocycles. The predicted octanol–water partition coefficient (Wildman–Crippen LogP) is 2.48. The van der Waals surface area contributed by atoms with Crippen molar-refractivity contribution in [1.29, 1.82) is 0 Å². The van der Waals surface area contributed by atoms with Crippen molar-refractivity contribution < 1.29 is 26.7 Å². The lowest BCUT2D eigenvalue weighted by atomic mass is 10.2. The number of hydrogen-bond acceptors (Lipinski definition) is 3. The predicted molar refractivity (Wildman–Crippen MR) is 65.6 cm³/mol. The van der Waals surface area contributed by atoms with Gasteiger partial charge in [0.1, 0.15) is 0 Å². The van der Waals surface area contributed by atoms with Crippen LogP contribution in [-0.4, -0.2) is 25.9 Å². The molecule has 0 aromatic heterocycles. The van der Waals surface area contributed by atoms with Crippen LogP contribution in [0.5, 0.6) is 0 Å². The smallest absolute Gasteiger partial charge is 0.396 e. The number of sulfonamides is 1. The zero-order valence-electron chi connectivity index (χ0n) is 9.54. The van der Waals surface area contributed by atoms with E-state index in [-0.39, 0.29) is 18.1 Å². The van der Waals surface area contributed by atoms with Gasteiger partial charge in [0.25, 0.3) is 0 Å². The molecule has 0 aliphatic carbocycles. The Balaban J connectivity index is 3.08. The Hall–Kier alpha value is -0.990. The highest BCUT2D eigenvalue weighted by molar-refractivity contribution is 7.92. The first-order valence-corrected chi connectivity index (χ1v) is 7.17. The Morgan fingerprint density at radius 2 is 1.95 bits per heavy atom. The number of anilines is 1. The van der Waals surface area contributed by atoms with Crippen LogP contribution in [0.3, 0.4) is 0 Å². The monoisotopic (exact) mass is 317 g/mol. The van der Waals surface area contributed by atoms with Gasteiger partial charge in [-0.25, -0.2) is 8.42 Å². The van der Waals surface area contributed by atoms with Crippen LogP contribution >= 0.6 is 11.6 Å². The highest BCUT2D eigenvalue weighted by Crippen LogP contribution is 2.36. The summed E-state index contributed by atoms with van der Waals surface area (Å²) in [5.41, 5.74) is -1.75. The Labute approximate surface area is 113 Å². The van der Waals surface area contributed by atoms with Crippen LogP contribution in [0.4, 0.5) is 18.9 Å². The standard InChI is InChI=1S/C10H11ClF3NO3S/c11-7-2-3-9(8(6-7)10(12,13)14)15-19(17,18)5-1-4-16/h2-3,6,15-16H,1,4-5H2. The van der Waals surface area contributed by atoms with E-state index in [1.54, 1.807) is 0 Å². The van der Waals surface area contributed by atoms with Crippen LogP contribution < -0.4 is 4.72 Å². The average Bonchev–Trinajstić information content (AvgIpc) is 2.27. The van der Waals surface area contributed by atoms with E-state index in [0.29, 0.717) is 6.07 Å². The number of benzene rings is 1. The molecule has 108 valence electrons. The summed E-state index contributed by atoms with van der Waals surface area (Å²) < 4.78 is 63.0. The molecule has 0 aliphatic rings. The van der Waals surface area contributed by atoms with Crippen molar-refractivity contribution in [2.45, 2.75) is 12.6 Å². The molecule has 0 spiro atoms. The Bertz CT molecular complexity index is 545. The van der Waals surface area contributed by atoms with Gasteiger partial charge in [-0.3, -0.25) is 4.72 Å². The third kappa shape index (κ3) is 4.88. The molecule has 0 saturated heterocycles. The van der Waals surface area contributed by atoms with Gasteiger partial charge in [-0.15, -0.1) is 0 Å². The van der Waals surface area contributed by atoms with Crippen LogP contribution in [-0.2, 0) is 16.2 Å². The molecule has 9 heteroatoms. The summed E-state index contributed by atoms with van der Waals surface area (Å²) in [4.78, 5) is 0. The van der Waals surface area contributed by atoms with E-state index in [4.69, 9.17) is 16.7 Å². The van der Waals surface area contributed by atoms with Gasteiger partial charge in [0, 0.05) is 11.6 Å². The van der Waals surface area contributed by atoms with Crippen molar-refractivity contribution >= 4 is 27.3 Å². The van der Waals surface area contributed by atoms with E-state index < -0.39 is 33.2 Å². The highest BCUT2D eigenvalue weighted by Gasteiger charge is 2.34. The number of hydrogen-bond donors (Lipinski definition) is 2. The van der Waals surface area contributed by atoms with E-state index in [1.807, 2.05) is 4.72 Å². The molecule has 0 atom stereocenters. The first-order chi connectivity index (χ1) is 8.65. The number of halogens is 4. The van der Waals surface area contributed by atoms with Crippen molar-refractivity contribution in [3.8, 4) is 0 Å². The lowest BCUT2D eigenvalue weighted by molar-refractivity contribution is -0.136. The van der Waals surface area contributed by atoms with Gasteiger partial charge >= 0.3 is 6.18 Å². The third-order valence-electron chi connectivity index (χ3n) is 2.12. The van der Waals surface area contributed by atoms with Crippen LogP contribution in [0.25, 0.3) is 0 Å². The minimum atomic E-state index is -4.72. The SMILES string of the molecule is O=S(=O)(CCCO)Nc1ccc(Cl)cc1C(F)(F)F. The maximum Gasteiger partial charge on any atom is 0.418 e. The quantitative estimate of drug-likeness (QED) is 0.877. The van der Waals surface area contributed by atoms with Gasteiger partial charge in [0.2, 0.25) is 10.0 Å². The second-order valence-corrected chi connectivity index (χ2v) is 5.96. The maximum absolute atomic E-state index is 12.7. The molecule has 0 saturated carbocycles. The molecule has 19 heavy (non-hydrogen) atoms. The van der Waals surface area contributed by atoms with Gasteiger partial charge in [0.15, 0.2) is 0 Å². The largest absolute Gasteiger partial charge is 0.418 e. The normalized spacial score (nSPS) is 12.5. The lowest BCUT2D eigenvalue weighted by Gasteiger charge is -2.15. The number of aliphatic hydroxyl groups excluding tert-OH is 1. The number of nitrogens with one attached hydrogen (secondary N) is 1. The van der Waals surface area contributed by atoms with Gasteiger partial charge in [-0.05, 0) is 24.6 Å². The molecule has 0 bridgehead atoms. The Kier molecular flexibility index (Phi) is 5.05. The number of aliphatic hydroxyl groups is 1. The van der Waals surface area contributed by atoms with Gasteiger partial charge in [-0.2, -0.15) is 13.2 Å². The summed E-state index contributed by atoms with van der Waals surface area (Å²) in [5.74, 6) is -0.469. The molecule has 0 amide bonds. The van der Waals surface area contributed by atoms with Gasteiger partial charge in [-0.1, -0.05) is 11.6 Å². The molecule has 0 unspecified atom stereocenters. The molecule has 1 rings (SSSR count). The van der Waals surface area contributed by atoms with Crippen molar-refractivity contribution in [2.24, 2.45) is 0 Å². The second kappa shape index (κ2) is 5.98. The van der Waals surface area contributed by atoms with Crippen LogP contribution in [0.15, 0.2) is 18.2 Å². The summed E-state index contributed by atoms with van der Waals surface area (Å²) in [6.07, 6.45) is -4.79. The molecular weight excluding hydrogens is 307 g/mol. The number of rotatable bonds is 5. The molecule has 1 aromatic carbocycles. The molecule has 1 aromatic rings. The fourth-order valence-corrected chi connectivity index (χ4v) is 2.61. The number of alkyl halides is 3. The molecule has 4 nitrogen and oxygen atoms in total. The fraction of sp³-hybridized carbons (Fsp3) is 0.400. The van der Waals surface area contributed by atoms with Crippen molar-refractivity contribution in [3.63, 3.8) is 0 Å². The van der Waals surface area contributed by atoms with E-state index in [9.17, 15) is 21.6 Å². The topological polar surface area (TPSA) is 66.4 Å². The summed E-state index contributed by atoms with van der Waals surface area (Å²) in [7, 11) is -3.95. The van der Waals surface area contributed by atoms with Crippen LogP contribution in [0.2, 0.25) is 5.02 Å². The molecule has 2 N–H and O–H groups in total. The molecule has 0 fully saturated rings. The summed E-state index contributed by atoms with van der Waals surface area (Å²) >= 11 is 5.47. The van der Waals surface area contributed by atoms with Crippen LogP contribution in [0.1, 0.15) is 12.0 Å². The van der Waals surface area contributed by atoms with Crippen LogP contribution in [0, 0.1) is 0 Å². The van der Waals surface area contributed by atoms with Crippen molar-refractivity contribution in [3.05, 3.63) is 28.8 Å². The highest BCUT2D eigenvalue weighted by atomic mass is 35.5. The summed E-state index contributed by atoms with van der Waals surface area (Å²) in [5, 5.41) is 8.38. The molecule has 0 radical (unpaired) electrons. The zero-order valence-corrected chi connectivity index (χ0v) is 11.1. The van der Waals surface area contributed by atoms with E-state index in [2.05, 4.69) is 0 Å². The maximum atomic E-state index is 12.7.